The van der Waals surface area contributed by atoms with Crippen LogP contribution in [-0.2, 0) is 6.42 Å². The standard InChI is InChI=1S/C18H29N/c1-14-9-11-17(13-15(14)2)18(19-3)12-10-16-7-5-4-6-8-16/h4-8,14-15,17-19H,9-13H2,1-3H3. The van der Waals surface area contributed by atoms with Crippen LogP contribution >= 0.6 is 0 Å². The molecule has 1 aliphatic rings. The van der Waals surface area contributed by atoms with E-state index in [4.69, 9.17) is 0 Å². The molecule has 0 aliphatic heterocycles. The van der Waals surface area contributed by atoms with Crippen molar-refractivity contribution in [3.63, 3.8) is 0 Å². The van der Waals surface area contributed by atoms with E-state index in [2.05, 4.69) is 56.5 Å². The van der Waals surface area contributed by atoms with Crippen LogP contribution in [0.4, 0.5) is 0 Å². The molecule has 1 aromatic carbocycles. The predicted octanol–water partition coefficient (Wildman–Crippen LogP) is 4.28. The summed E-state index contributed by atoms with van der Waals surface area (Å²) in [7, 11) is 2.14. The number of rotatable bonds is 5. The minimum atomic E-state index is 0.690. The molecule has 0 saturated heterocycles. The molecule has 1 saturated carbocycles. The summed E-state index contributed by atoms with van der Waals surface area (Å²) in [5, 5.41) is 3.58. The van der Waals surface area contributed by atoms with Crippen LogP contribution < -0.4 is 5.32 Å². The Morgan fingerprint density at radius 2 is 1.84 bits per heavy atom. The maximum Gasteiger partial charge on any atom is 0.00955 e. The molecule has 4 atom stereocenters. The first-order chi connectivity index (χ1) is 9.20. The summed E-state index contributed by atoms with van der Waals surface area (Å²) in [4.78, 5) is 0. The third kappa shape index (κ3) is 4.07. The van der Waals surface area contributed by atoms with Crippen molar-refractivity contribution >= 4 is 0 Å². The molecule has 1 aliphatic carbocycles. The fourth-order valence-electron chi connectivity index (χ4n) is 3.54. The van der Waals surface area contributed by atoms with Crippen molar-refractivity contribution in [2.45, 2.75) is 52.0 Å². The highest BCUT2D eigenvalue weighted by atomic mass is 14.9. The summed E-state index contributed by atoms with van der Waals surface area (Å²) in [5.41, 5.74) is 1.47. The second-order valence-corrected chi connectivity index (χ2v) is 6.45. The average Bonchev–Trinajstić information content (AvgIpc) is 2.44. The van der Waals surface area contributed by atoms with Gasteiger partial charge in [0.05, 0.1) is 0 Å². The van der Waals surface area contributed by atoms with Crippen molar-refractivity contribution in [3.8, 4) is 0 Å². The van der Waals surface area contributed by atoms with Gasteiger partial charge in [0.1, 0.15) is 0 Å². The van der Waals surface area contributed by atoms with Gasteiger partial charge in [-0.25, -0.2) is 0 Å². The summed E-state index contributed by atoms with van der Waals surface area (Å²) in [5.74, 6) is 2.69. The zero-order valence-electron chi connectivity index (χ0n) is 12.7. The highest BCUT2D eigenvalue weighted by Gasteiger charge is 2.29. The fourth-order valence-corrected chi connectivity index (χ4v) is 3.54. The lowest BCUT2D eigenvalue weighted by Gasteiger charge is -2.36. The van der Waals surface area contributed by atoms with Crippen molar-refractivity contribution in [2.24, 2.45) is 17.8 Å². The predicted molar refractivity (Wildman–Crippen MR) is 83.3 cm³/mol. The Kier molecular flexibility index (Phi) is 5.45. The number of aryl methyl sites for hydroxylation is 1. The van der Waals surface area contributed by atoms with Crippen LogP contribution in [0.5, 0.6) is 0 Å². The molecule has 0 aromatic heterocycles. The van der Waals surface area contributed by atoms with E-state index in [0.29, 0.717) is 6.04 Å². The molecule has 1 N–H and O–H groups in total. The molecule has 2 rings (SSSR count). The van der Waals surface area contributed by atoms with E-state index in [-0.39, 0.29) is 0 Å². The lowest BCUT2D eigenvalue weighted by atomic mass is 9.72. The molecule has 19 heavy (non-hydrogen) atoms. The van der Waals surface area contributed by atoms with Gasteiger partial charge in [-0.2, -0.15) is 0 Å². The first-order valence-electron chi connectivity index (χ1n) is 7.92. The summed E-state index contributed by atoms with van der Waals surface area (Å²) >= 11 is 0. The van der Waals surface area contributed by atoms with E-state index in [0.717, 1.165) is 17.8 Å². The minimum Gasteiger partial charge on any atom is -0.317 e. The van der Waals surface area contributed by atoms with Crippen molar-refractivity contribution in [3.05, 3.63) is 35.9 Å². The number of hydrogen-bond acceptors (Lipinski definition) is 1. The summed E-state index contributed by atoms with van der Waals surface area (Å²) < 4.78 is 0. The second kappa shape index (κ2) is 7.09. The molecule has 0 radical (unpaired) electrons. The summed E-state index contributed by atoms with van der Waals surface area (Å²) in [6.07, 6.45) is 6.70. The first kappa shape index (κ1) is 14.6. The van der Waals surface area contributed by atoms with Crippen LogP contribution in [0, 0.1) is 17.8 Å². The first-order valence-corrected chi connectivity index (χ1v) is 7.92. The summed E-state index contributed by atoms with van der Waals surface area (Å²) in [6, 6.07) is 11.6. The monoisotopic (exact) mass is 259 g/mol. The maximum absolute atomic E-state index is 3.58. The molecule has 1 heteroatoms. The molecule has 1 aromatic rings. The van der Waals surface area contributed by atoms with Crippen LogP contribution in [-0.4, -0.2) is 13.1 Å². The molecule has 0 heterocycles. The third-order valence-electron chi connectivity index (χ3n) is 5.17. The maximum atomic E-state index is 3.58. The van der Waals surface area contributed by atoms with Crippen LogP contribution in [0.25, 0.3) is 0 Å². The largest absolute Gasteiger partial charge is 0.317 e. The van der Waals surface area contributed by atoms with E-state index < -0.39 is 0 Å². The van der Waals surface area contributed by atoms with Gasteiger partial charge in [0.2, 0.25) is 0 Å². The van der Waals surface area contributed by atoms with Crippen LogP contribution in [0.2, 0.25) is 0 Å². The van der Waals surface area contributed by atoms with E-state index in [9.17, 15) is 0 Å². The Balaban J connectivity index is 1.86. The van der Waals surface area contributed by atoms with Crippen molar-refractivity contribution in [1.82, 2.24) is 5.32 Å². The minimum absolute atomic E-state index is 0.690. The SMILES string of the molecule is CNC(CCc1ccccc1)C1CCC(C)C(C)C1. The Morgan fingerprint density at radius 1 is 1.11 bits per heavy atom. The van der Waals surface area contributed by atoms with Gasteiger partial charge in [-0.3, -0.25) is 0 Å². The second-order valence-electron chi connectivity index (χ2n) is 6.45. The zero-order chi connectivity index (χ0) is 13.7. The lowest BCUT2D eigenvalue weighted by molar-refractivity contribution is 0.170. The fraction of sp³-hybridized carbons (Fsp3) is 0.667. The molecule has 0 bridgehead atoms. The van der Waals surface area contributed by atoms with Crippen molar-refractivity contribution < 1.29 is 0 Å². The molecule has 106 valence electrons. The quantitative estimate of drug-likeness (QED) is 0.832. The van der Waals surface area contributed by atoms with Crippen LogP contribution in [0.3, 0.4) is 0 Å². The molecule has 4 unspecified atom stereocenters. The van der Waals surface area contributed by atoms with Gasteiger partial charge in [-0.05, 0) is 56.0 Å². The van der Waals surface area contributed by atoms with E-state index in [1.54, 1.807) is 0 Å². The van der Waals surface area contributed by atoms with Gasteiger partial charge in [-0.1, -0.05) is 50.6 Å². The van der Waals surface area contributed by atoms with Gasteiger partial charge in [0, 0.05) is 6.04 Å². The molecule has 0 amide bonds. The number of nitrogens with one attached hydrogen (secondary N) is 1. The van der Waals surface area contributed by atoms with Crippen LogP contribution in [0.15, 0.2) is 30.3 Å². The van der Waals surface area contributed by atoms with Crippen LogP contribution in [0.1, 0.15) is 45.1 Å². The number of benzene rings is 1. The van der Waals surface area contributed by atoms with Gasteiger partial charge in [0.25, 0.3) is 0 Å². The van der Waals surface area contributed by atoms with Crippen molar-refractivity contribution in [2.75, 3.05) is 7.05 Å². The van der Waals surface area contributed by atoms with E-state index in [1.165, 1.54) is 37.7 Å². The van der Waals surface area contributed by atoms with E-state index >= 15 is 0 Å². The van der Waals surface area contributed by atoms with Gasteiger partial charge in [-0.15, -0.1) is 0 Å². The van der Waals surface area contributed by atoms with Gasteiger partial charge < -0.3 is 5.32 Å². The Morgan fingerprint density at radius 3 is 2.47 bits per heavy atom. The van der Waals surface area contributed by atoms with Gasteiger partial charge >= 0.3 is 0 Å². The average molecular weight is 259 g/mol. The Bertz CT molecular complexity index is 359. The lowest BCUT2D eigenvalue weighted by Crippen LogP contribution is -2.38. The normalized spacial score (nSPS) is 29.1. The Labute approximate surface area is 118 Å². The summed E-state index contributed by atoms with van der Waals surface area (Å²) in [6.45, 7) is 4.85. The molecule has 0 spiro atoms. The smallest absolute Gasteiger partial charge is 0.00955 e. The highest BCUT2D eigenvalue weighted by Crippen LogP contribution is 2.35. The molecular formula is C18H29N. The van der Waals surface area contributed by atoms with Crippen molar-refractivity contribution in [1.29, 1.82) is 0 Å². The molecule has 1 nitrogen and oxygen atoms in total. The Hall–Kier alpha value is -0.820. The zero-order valence-corrected chi connectivity index (χ0v) is 12.7. The topological polar surface area (TPSA) is 12.0 Å². The van der Waals surface area contributed by atoms with Gasteiger partial charge in [0.15, 0.2) is 0 Å². The molecular weight excluding hydrogens is 230 g/mol. The number of hydrogen-bond donors (Lipinski definition) is 1. The molecule has 1 fully saturated rings. The van der Waals surface area contributed by atoms with E-state index in [1.807, 2.05) is 0 Å². The third-order valence-corrected chi connectivity index (χ3v) is 5.17. The highest BCUT2D eigenvalue weighted by molar-refractivity contribution is 5.14.